The number of anilines is 1. The number of benzene rings is 1. The maximum atomic E-state index is 6.12. The molecule has 7 nitrogen and oxygen atoms in total. The van der Waals surface area contributed by atoms with Gasteiger partial charge in [-0.15, -0.1) is 0 Å². The first kappa shape index (κ1) is 19.1. The van der Waals surface area contributed by atoms with E-state index in [2.05, 4.69) is 20.4 Å². The fourth-order valence-corrected chi connectivity index (χ4v) is 3.50. The Kier molecular flexibility index (Phi) is 6.04. The number of nitrogens with one attached hydrogen (secondary N) is 1. The zero-order valence-corrected chi connectivity index (χ0v) is 16.7. The van der Waals surface area contributed by atoms with Crippen LogP contribution in [0.3, 0.4) is 0 Å². The summed E-state index contributed by atoms with van der Waals surface area (Å²) in [4.78, 5) is 9.12. The molecule has 0 amide bonds. The summed E-state index contributed by atoms with van der Waals surface area (Å²) < 4.78 is 13.1. The third kappa shape index (κ3) is 4.43. The summed E-state index contributed by atoms with van der Waals surface area (Å²) >= 11 is 6.12. The normalized spacial score (nSPS) is 16.7. The molecule has 148 valence electrons. The van der Waals surface area contributed by atoms with Crippen molar-refractivity contribution in [2.45, 2.75) is 32.3 Å². The number of rotatable bonds is 8. The smallest absolute Gasteiger partial charge is 0.168 e. The molecule has 1 aromatic carbocycles. The quantitative estimate of drug-likeness (QED) is 0.579. The lowest BCUT2D eigenvalue weighted by Gasteiger charge is -2.11. The number of aryl methyl sites for hydroxylation is 1. The Morgan fingerprint density at radius 1 is 1.36 bits per heavy atom. The first-order valence-electron chi connectivity index (χ1n) is 9.62. The second-order valence-corrected chi connectivity index (χ2v) is 7.32. The number of fused-ring (bicyclic) bond motifs is 1. The SMILES string of the molecule is Cc1nc(NCCCOCC2CCCO2)c2cnn(-c3cccc(Cl)c3)c2n1. The number of hydrogen-bond acceptors (Lipinski definition) is 6. The molecule has 1 saturated heterocycles. The molecule has 0 radical (unpaired) electrons. The third-order valence-corrected chi connectivity index (χ3v) is 4.91. The average Bonchev–Trinajstić information content (AvgIpc) is 3.34. The predicted octanol–water partition coefficient (Wildman–Crippen LogP) is 3.77. The molecule has 3 aromatic rings. The molecule has 0 bridgehead atoms. The molecule has 1 fully saturated rings. The highest BCUT2D eigenvalue weighted by molar-refractivity contribution is 6.30. The molecule has 3 heterocycles. The molecular formula is C20H24ClN5O2. The van der Waals surface area contributed by atoms with Crippen molar-refractivity contribution in [2.75, 3.05) is 31.7 Å². The van der Waals surface area contributed by atoms with Crippen LogP contribution in [0.1, 0.15) is 25.1 Å². The van der Waals surface area contributed by atoms with Gasteiger partial charge in [0, 0.05) is 24.8 Å². The van der Waals surface area contributed by atoms with Gasteiger partial charge in [0.15, 0.2) is 5.65 Å². The maximum absolute atomic E-state index is 6.12. The Bertz CT molecular complexity index is 939. The topological polar surface area (TPSA) is 74.1 Å². The van der Waals surface area contributed by atoms with Gasteiger partial charge >= 0.3 is 0 Å². The summed E-state index contributed by atoms with van der Waals surface area (Å²) in [6.45, 7) is 4.89. The molecule has 8 heteroatoms. The van der Waals surface area contributed by atoms with Crippen LogP contribution < -0.4 is 5.32 Å². The number of ether oxygens (including phenoxy) is 2. The molecule has 1 N–H and O–H groups in total. The van der Waals surface area contributed by atoms with E-state index in [0.29, 0.717) is 24.1 Å². The molecule has 1 unspecified atom stereocenters. The van der Waals surface area contributed by atoms with Crippen molar-refractivity contribution < 1.29 is 9.47 Å². The lowest BCUT2D eigenvalue weighted by Crippen LogP contribution is -2.16. The molecule has 1 atom stereocenters. The van der Waals surface area contributed by atoms with Crippen molar-refractivity contribution in [2.24, 2.45) is 0 Å². The molecule has 0 spiro atoms. The Hall–Kier alpha value is -2.22. The van der Waals surface area contributed by atoms with Gasteiger partial charge in [0.1, 0.15) is 11.6 Å². The van der Waals surface area contributed by atoms with Gasteiger partial charge in [0.25, 0.3) is 0 Å². The number of halogens is 1. The van der Waals surface area contributed by atoms with E-state index in [9.17, 15) is 0 Å². The van der Waals surface area contributed by atoms with Crippen LogP contribution in [0, 0.1) is 6.92 Å². The Labute approximate surface area is 169 Å². The van der Waals surface area contributed by atoms with Gasteiger partial charge in [-0.2, -0.15) is 5.10 Å². The first-order chi connectivity index (χ1) is 13.7. The summed E-state index contributed by atoms with van der Waals surface area (Å²) in [5, 5.41) is 9.42. The molecule has 1 aliphatic heterocycles. The number of hydrogen-bond donors (Lipinski definition) is 1. The highest BCUT2D eigenvalue weighted by Crippen LogP contribution is 2.24. The zero-order valence-electron chi connectivity index (χ0n) is 15.9. The fourth-order valence-electron chi connectivity index (χ4n) is 3.32. The van der Waals surface area contributed by atoms with E-state index in [1.54, 1.807) is 10.9 Å². The molecular weight excluding hydrogens is 378 g/mol. The van der Waals surface area contributed by atoms with Gasteiger partial charge in [-0.25, -0.2) is 14.6 Å². The van der Waals surface area contributed by atoms with Crippen molar-refractivity contribution in [1.29, 1.82) is 0 Å². The van der Waals surface area contributed by atoms with Crippen LogP contribution in [0.25, 0.3) is 16.7 Å². The lowest BCUT2D eigenvalue weighted by atomic mass is 10.2. The second kappa shape index (κ2) is 8.86. The van der Waals surface area contributed by atoms with E-state index in [1.807, 2.05) is 31.2 Å². The van der Waals surface area contributed by atoms with Crippen LogP contribution in [0.2, 0.25) is 5.02 Å². The summed E-state index contributed by atoms with van der Waals surface area (Å²) in [5.74, 6) is 1.48. The van der Waals surface area contributed by atoms with Gasteiger partial charge in [0.2, 0.25) is 0 Å². The summed E-state index contributed by atoms with van der Waals surface area (Å²) in [7, 11) is 0. The lowest BCUT2D eigenvalue weighted by molar-refractivity contribution is 0.0172. The highest BCUT2D eigenvalue weighted by atomic mass is 35.5. The summed E-state index contributed by atoms with van der Waals surface area (Å²) in [6.07, 6.45) is 5.19. The van der Waals surface area contributed by atoms with Gasteiger partial charge in [-0.1, -0.05) is 17.7 Å². The maximum Gasteiger partial charge on any atom is 0.168 e. The number of nitrogens with zero attached hydrogens (tertiary/aromatic N) is 4. The van der Waals surface area contributed by atoms with E-state index >= 15 is 0 Å². The predicted molar refractivity (Wildman–Crippen MR) is 109 cm³/mol. The van der Waals surface area contributed by atoms with Crippen LogP contribution in [0.4, 0.5) is 5.82 Å². The molecule has 0 aliphatic carbocycles. The van der Waals surface area contributed by atoms with E-state index in [-0.39, 0.29) is 6.10 Å². The van der Waals surface area contributed by atoms with Crippen LogP contribution in [-0.2, 0) is 9.47 Å². The van der Waals surface area contributed by atoms with Crippen molar-refractivity contribution >= 4 is 28.5 Å². The van der Waals surface area contributed by atoms with Gasteiger partial charge in [0.05, 0.1) is 30.0 Å². The van der Waals surface area contributed by atoms with Crippen molar-refractivity contribution in [3.05, 3.63) is 41.3 Å². The van der Waals surface area contributed by atoms with Gasteiger partial charge < -0.3 is 14.8 Å². The van der Waals surface area contributed by atoms with Gasteiger partial charge in [-0.3, -0.25) is 0 Å². The molecule has 1 aliphatic rings. The summed E-state index contributed by atoms with van der Waals surface area (Å²) in [5.41, 5.74) is 1.63. The molecule has 2 aromatic heterocycles. The van der Waals surface area contributed by atoms with Crippen molar-refractivity contribution in [1.82, 2.24) is 19.7 Å². The minimum absolute atomic E-state index is 0.273. The minimum Gasteiger partial charge on any atom is -0.379 e. The largest absolute Gasteiger partial charge is 0.379 e. The van der Waals surface area contributed by atoms with Crippen LogP contribution in [0.15, 0.2) is 30.5 Å². The minimum atomic E-state index is 0.273. The van der Waals surface area contributed by atoms with E-state index < -0.39 is 0 Å². The molecule has 0 saturated carbocycles. The van der Waals surface area contributed by atoms with Crippen LogP contribution >= 0.6 is 11.6 Å². The van der Waals surface area contributed by atoms with E-state index in [1.165, 1.54) is 0 Å². The van der Waals surface area contributed by atoms with Crippen LogP contribution in [0.5, 0.6) is 0 Å². The van der Waals surface area contributed by atoms with Crippen molar-refractivity contribution in [3.8, 4) is 5.69 Å². The van der Waals surface area contributed by atoms with E-state index in [4.69, 9.17) is 21.1 Å². The molecule has 28 heavy (non-hydrogen) atoms. The van der Waals surface area contributed by atoms with E-state index in [0.717, 1.165) is 55.0 Å². The zero-order chi connectivity index (χ0) is 19.3. The van der Waals surface area contributed by atoms with Gasteiger partial charge in [-0.05, 0) is 44.4 Å². The Morgan fingerprint density at radius 3 is 3.11 bits per heavy atom. The third-order valence-electron chi connectivity index (χ3n) is 4.68. The standard InChI is InChI=1S/C20H24ClN5O2/c1-14-24-19(22-8-4-9-27-13-17-7-3-10-28-17)18-12-23-26(20(18)25-14)16-6-2-5-15(21)11-16/h2,5-6,11-12,17H,3-4,7-10,13H2,1H3,(H,22,24,25). The van der Waals surface area contributed by atoms with Crippen LogP contribution in [-0.4, -0.2) is 52.2 Å². The molecule has 4 rings (SSSR count). The second-order valence-electron chi connectivity index (χ2n) is 6.88. The Morgan fingerprint density at radius 2 is 2.29 bits per heavy atom. The van der Waals surface area contributed by atoms with Crippen molar-refractivity contribution in [3.63, 3.8) is 0 Å². The Balaban J connectivity index is 1.40. The summed E-state index contributed by atoms with van der Waals surface area (Å²) in [6, 6.07) is 7.55. The first-order valence-corrected chi connectivity index (χ1v) is 10.00. The average molecular weight is 402 g/mol. The monoisotopic (exact) mass is 401 g/mol. The fraction of sp³-hybridized carbons (Fsp3) is 0.450. The number of aromatic nitrogens is 4. The highest BCUT2D eigenvalue weighted by Gasteiger charge is 2.15.